The number of aryl methyl sites for hydroxylation is 2. The van der Waals surface area contributed by atoms with Crippen molar-refractivity contribution in [1.82, 2.24) is 0 Å². The van der Waals surface area contributed by atoms with Gasteiger partial charge in [0.2, 0.25) is 5.76 Å². The van der Waals surface area contributed by atoms with E-state index in [0.717, 1.165) is 5.69 Å². The van der Waals surface area contributed by atoms with Crippen LogP contribution < -0.4 is 4.90 Å². The number of rotatable bonds is 4. The number of aromatic carboxylic acids is 1. The average Bonchev–Trinajstić information content (AvgIpc) is 2.77. The van der Waals surface area contributed by atoms with E-state index >= 15 is 0 Å². The van der Waals surface area contributed by atoms with Crippen LogP contribution in [0.5, 0.6) is 0 Å². The Morgan fingerprint density at radius 3 is 2.58 bits per heavy atom. The normalized spacial score (nSPS) is 10.5. The van der Waals surface area contributed by atoms with E-state index in [1.54, 1.807) is 6.07 Å². The molecule has 0 aliphatic carbocycles. The number of furan rings is 1. The van der Waals surface area contributed by atoms with E-state index in [2.05, 4.69) is 32.0 Å². The molecule has 0 saturated heterocycles. The quantitative estimate of drug-likeness (QED) is 0.915. The lowest BCUT2D eigenvalue weighted by Gasteiger charge is -2.20. The van der Waals surface area contributed by atoms with Gasteiger partial charge in [0.25, 0.3) is 0 Å². The molecule has 2 aromatic rings. The Kier molecular flexibility index (Phi) is 3.60. The van der Waals surface area contributed by atoms with Gasteiger partial charge in [-0.25, -0.2) is 4.79 Å². The van der Waals surface area contributed by atoms with Crippen molar-refractivity contribution < 1.29 is 14.3 Å². The fourth-order valence-corrected chi connectivity index (χ4v) is 2.13. The van der Waals surface area contributed by atoms with Gasteiger partial charge in [-0.2, -0.15) is 0 Å². The third kappa shape index (κ3) is 2.96. The van der Waals surface area contributed by atoms with Gasteiger partial charge in [-0.05, 0) is 37.6 Å². The minimum Gasteiger partial charge on any atom is -0.475 e. The van der Waals surface area contributed by atoms with Crippen molar-refractivity contribution in [3.8, 4) is 0 Å². The molecule has 100 valence electrons. The monoisotopic (exact) mass is 259 g/mol. The van der Waals surface area contributed by atoms with E-state index in [-0.39, 0.29) is 5.76 Å². The Hall–Kier alpha value is -2.23. The van der Waals surface area contributed by atoms with E-state index in [4.69, 9.17) is 9.52 Å². The molecule has 4 heteroatoms. The summed E-state index contributed by atoms with van der Waals surface area (Å²) in [7, 11) is 1.96. The molecule has 0 aliphatic heterocycles. The lowest BCUT2D eigenvalue weighted by molar-refractivity contribution is 0.0660. The Balaban J connectivity index is 2.15. The van der Waals surface area contributed by atoms with Gasteiger partial charge in [-0.15, -0.1) is 0 Å². The maximum Gasteiger partial charge on any atom is 0.371 e. The fourth-order valence-electron chi connectivity index (χ4n) is 2.13. The summed E-state index contributed by atoms with van der Waals surface area (Å²) in [6.45, 7) is 4.66. The first-order valence-electron chi connectivity index (χ1n) is 6.08. The smallest absolute Gasteiger partial charge is 0.371 e. The van der Waals surface area contributed by atoms with Gasteiger partial charge < -0.3 is 14.4 Å². The van der Waals surface area contributed by atoms with Gasteiger partial charge in [0.05, 0.1) is 6.54 Å². The number of hydrogen-bond acceptors (Lipinski definition) is 3. The molecule has 0 fully saturated rings. The number of carboxylic acid groups (broad SMARTS) is 1. The Labute approximate surface area is 112 Å². The number of hydrogen-bond donors (Lipinski definition) is 1. The van der Waals surface area contributed by atoms with E-state index in [1.807, 2.05) is 11.9 Å². The molecule has 0 aliphatic rings. The van der Waals surface area contributed by atoms with Crippen molar-refractivity contribution in [1.29, 1.82) is 0 Å². The van der Waals surface area contributed by atoms with Gasteiger partial charge in [-0.3, -0.25) is 0 Å². The van der Waals surface area contributed by atoms with Crippen LogP contribution in [0, 0.1) is 13.8 Å². The molecule has 0 spiro atoms. The molecule has 2 rings (SSSR count). The van der Waals surface area contributed by atoms with Gasteiger partial charge in [-0.1, -0.05) is 17.7 Å². The molecule has 1 aromatic heterocycles. The molecular weight excluding hydrogens is 242 g/mol. The molecule has 0 amide bonds. The van der Waals surface area contributed by atoms with E-state index in [1.165, 1.54) is 17.2 Å². The molecule has 1 aromatic carbocycles. The molecule has 0 radical (unpaired) electrons. The van der Waals surface area contributed by atoms with Crippen molar-refractivity contribution in [2.24, 2.45) is 0 Å². The van der Waals surface area contributed by atoms with E-state index in [9.17, 15) is 4.79 Å². The van der Waals surface area contributed by atoms with Crippen molar-refractivity contribution in [2.45, 2.75) is 20.4 Å². The first-order valence-corrected chi connectivity index (χ1v) is 6.08. The SMILES string of the molecule is Cc1ccc(N(C)Cc2ccc(C(=O)O)o2)c(C)c1. The molecule has 0 unspecified atom stereocenters. The molecule has 1 heterocycles. The summed E-state index contributed by atoms with van der Waals surface area (Å²) in [6.07, 6.45) is 0. The minimum absolute atomic E-state index is 0.0240. The van der Waals surface area contributed by atoms with Gasteiger partial charge in [0.15, 0.2) is 0 Å². The fraction of sp³-hybridized carbons (Fsp3) is 0.267. The highest BCUT2D eigenvalue weighted by Crippen LogP contribution is 2.22. The molecule has 19 heavy (non-hydrogen) atoms. The maximum atomic E-state index is 10.8. The lowest BCUT2D eigenvalue weighted by atomic mass is 10.1. The number of carbonyl (C=O) groups is 1. The zero-order valence-corrected chi connectivity index (χ0v) is 11.3. The van der Waals surface area contributed by atoms with Crippen molar-refractivity contribution in [3.05, 3.63) is 53.0 Å². The zero-order valence-electron chi connectivity index (χ0n) is 11.3. The van der Waals surface area contributed by atoms with E-state index < -0.39 is 5.97 Å². The van der Waals surface area contributed by atoms with E-state index in [0.29, 0.717) is 12.3 Å². The number of carboxylic acids is 1. The zero-order chi connectivity index (χ0) is 14.0. The van der Waals surface area contributed by atoms with Crippen LogP contribution in [-0.4, -0.2) is 18.1 Å². The van der Waals surface area contributed by atoms with Gasteiger partial charge in [0, 0.05) is 12.7 Å². The third-order valence-corrected chi connectivity index (χ3v) is 3.03. The van der Waals surface area contributed by atoms with Crippen LogP contribution >= 0.6 is 0 Å². The molecular formula is C15H17NO3. The third-order valence-electron chi connectivity index (χ3n) is 3.03. The largest absolute Gasteiger partial charge is 0.475 e. The standard InChI is InChI=1S/C15H17NO3/c1-10-4-6-13(11(2)8-10)16(3)9-12-5-7-14(19-12)15(17)18/h4-8H,9H2,1-3H3,(H,17,18). The second-order valence-electron chi connectivity index (χ2n) is 4.72. The first kappa shape index (κ1) is 13.2. The molecule has 1 N–H and O–H groups in total. The lowest BCUT2D eigenvalue weighted by Crippen LogP contribution is -2.17. The summed E-state index contributed by atoms with van der Waals surface area (Å²) in [4.78, 5) is 12.8. The topological polar surface area (TPSA) is 53.7 Å². The number of benzene rings is 1. The summed E-state index contributed by atoms with van der Waals surface area (Å²) in [6, 6.07) is 9.42. The Morgan fingerprint density at radius 1 is 1.26 bits per heavy atom. The van der Waals surface area contributed by atoms with Gasteiger partial charge >= 0.3 is 5.97 Å². The second kappa shape index (κ2) is 5.18. The summed E-state index contributed by atoms with van der Waals surface area (Å²) in [5.74, 6) is -0.427. The highest BCUT2D eigenvalue weighted by molar-refractivity contribution is 5.84. The van der Waals surface area contributed by atoms with Gasteiger partial charge in [0.1, 0.15) is 5.76 Å². The molecule has 0 atom stereocenters. The molecule has 4 nitrogen and oxygen atoms in total. The van der Waals surface area contributed by atoms with Crippen LogP contribution in [0.4, 0.5) is 5.69 Å². The summed E-state index contributed by atoms with van der Waals surface area (Å²) in [5.41, 5.74) is 3.52. The van der Waals surface area contributed by atoms with Crippen molar-refractivity contribution in [2.75, 3.05) is 11.9 Å². The minimum atomic E-state index is -1.04. The average molecular weight is 259 g/mol. The van der Waals surface area contributed by atoms with Crippen LogP contribution in [0.3, 0.4) is 0 Å². The Morgan fingerprint density at radius 2 is 2.00 bits per heavy atom. The number of anilines is 1. The highest BCUT2D eigenvalue weighted by Gasteiger charge is 2.11. The molecule has 0 bridgehead atoms. The second-order valence-corrected chi connectivity index (χ2v) is 4.72. The maximum absolute atomic E-state index is 10.8. The number of nitrogens with zero attached hydrogens (tertiary/aromatic N) is 1. The first-order chi connectivity index (χ1) is 8.97. The predicted molar refractivity (Wildman–Crippen MR) is 73.7 cm³/mol. The van der Waals surface area contributed by atoms with Crippen molar-refractivity contribution in [3.63, 3.8) is 0 Å². The predicted octanol–water partition coefficient (Wildman–Crippen LogP) is 3.23. The summed E-state index contributed by atoms with van der Waals surface area (Å²) < 4.78 is 5.26. The van der Waals surface area contributed by atoms with Crippen LogP contribution in [0.2, 0.25) is 0 Å². The van der Waals surface area contributed by atoms with Crippen LogP contribution in [0.1, 0.15) is 27.4 Å². The summed E-state index contributed by atoms with van der Waals surface area (Å²) >= 11 is 0. The highest BCUT2D eigenvalue weighted by atomic mass is 16.4. The van der Waals surface area contributed by atoms with Crippen LogP contribution in [0.15, 0.2) is 34.7 Å². The van der Waals surface area contributed by atoms with Crippen LogP contribution in [0.25, 0.3) is 0 Å². The Bertz CT molecular complexity index is 601. The molecule has 0 saturated carbocycles. The summed E-state index contributed by atoms with van der Waals surface area (Å²) in [5, 5.41) is 8.82. The van der Waals surface area contributed by atoms with Crippen molar-refractivity contribution >= 4 is 11.7 Å². The van der Waals surface area contributed by atoms with Crippen LogP contribution in [-0.2, 0) is 6.54 Å².